The summed E-state index contributed by atoms with van der Waals surface area (Å²) in [5, 5.41) is 17.4. The van der Waals surface area contributed by atoms with Gasteiger partial charge in [0.1, 0.15) is 11.3 Å². The van der Waals surface area contributed by atoms with Crippen LogP contribution >= 0.6 is 0 Å². The number of carboxylic acid groups (broad SMARTS) is 1. The number of alkyl halides is 3. The van der Waals surface area contributed by atoms with E-state index in [1.54, 1.807) is 24.3 Å². The fourth-order valence-corrected chi connectivity index (χ4v) is 5.59. The van der Waals surface area contributed by atoms with E-state index in [-0.39, 0.29) is 29.7 Å². The van der Waals surface area contributed by atoms with E-state index in [4.69, 9.17) is 4.74 Å². The van der Waals surface area contributed by atoms with E-state index >= 15 is 0 Å². The van der Waals surface area contributed by atoms with Gasteiger partial charge in [0, 0.05) is 11.5 Å². The number of rotatable bonds is 10. The van der Waals surface area contributed by atoms with E-state index in [2.05, 4.69) is 22.4 Å². The molecule has 0 spiro atoms. The fraction of sp³-hybridized carbons (Fsp3) is 0.323. The van der Waals surface area contributed by atoms with Crippen LogP contribution in [-0.4, -0.2) is 38.5 Å². The van der Waals surface area contributed by atoms with E-state index < -0.39 is 41.0 Å². The first-order valence-corrected chi connectivity index (χ1v) is 13.6. The molecule has 0 saturated heterocycles. The second kappa shape index (κ2) is 12.1. The van der Waals surface area contributed by atoms with Gasteiger partial charge in [0.15, 0.2) is 5.78 Å². The smallest absolute Gasteiger partial charge is 0.416 e. The topological polar surface area (TPSA) is 111 Å². The van der Waals surface area contributed by atoms with Crippen LogP contribution in [0.3, 0.4) is 0 Å². The number of ketones is 1. The van der Waals surface area contributed by atoms with Crippen LogP contribution in [-0.2, 0) is 23.9 Å². The van der Waals surface area contributed by atoms with Gasteiger partial charge in [-0.3, -0.25) is 14.4 Å². The molecule has 3 atom stereocenters. The molecule has 1 aliphatic rings. The van der Waals surface area contributed by atoms with Gasteiger partial charge < -0.3 is 9.84 Å². The van der Waals surface area contributed by atoms with Gasteiger partial charge in [0.2, 0.25) is 0 Å². The highest BCUT2D eigenvalue weighted by Crippen LogP contribution is 2.40. The highest BCUT2D eigenvalue weighted by atomic mass is 19.4. The molecular weight excluding hydrogens is 551 g/mol. The SMILES string of the molecule is O=C(O)[C@H]1[C@H](Cn2nnc3ccc(C(F)(F)F)cc3c2=O)CC[C@@H]1C(=O)c1ccc(OCCCc2ccccc2)cc1. The molecule has 11 heteroatoms. The van der Waals surface area contributed by atoms with Gasteiger partial charge in [-0.2, -0.15) is 13.2 Å². The van der Waals surface area contributed by atoms with Gasteiger partial charge in [0.25, 0.3) is 5.56 Å². The summed E-state index contributed by atoms with van der Waals surface area (Å²) >= 11 is 0. The summed E-state index contributed by atoms with van der Waals surface area (Å²) < 4.78 is 46.2. The molecule has 1 aliphatic carbocycles. The van der Waals surface area contributed by atoms with E-state index in [0.717, 1.165) is 35.7 Å². The molecular formula is C31H28F3N3O5. The summed E-state index contributed by atoms with van der Waals surface area (Å²) in [4.78, 5) is 38.6. The summed E-state index contributed by atoms with van der Waals surface area (Å²) in [5.74, 6) is -3.48. The summed E-state index contributed by atoms with van der Waals surface area (Å²) in [6, 6.07) is 19.2. The van der Waals surface area contributed by atoms with Crippen molar-refractivity contribution in [2.24, 2.45) is 17.8 Å². The van der Waals surface area contributed by atoms with Crippen molar-refractivity contribution in [3.8, 4) is 5.75 Å². The van der Waals surface area contributed by atoms with Gasteiger partial charge >= 0.3 is 12.1 Å². The second-order valence-corrected chi connectivity index (χ2v) is 10.4. The van der Waals surface area contributed by atoms with Crippen LogP contribution in [0.1, 0.15) is 40.7 Å². The minimum Gasteiger partial charge on any atom is -0.494 e. The number of halogens is 3. The normalized spacial score (nSPS) is 18.7. The number of fused-ring (bicyclic) bond motifs is 1. The van der Waals surface area contributed by atoms with Gasteiger partial charge in [-0.1, -0.05) is 35.5 Å². The van der Waals surface area contributed by atoms with Gasteiger partial charge in [-0.05, 0) is 79.6 Å². The van der Waals surface area contributed by atoms with E-state index in [1.165, 1.54) is 5.56 Å². The largest absolute Gasteiger partial charge is 0.494 e. The Labute approximate surface area is 238 Å². The number of hydrogen-bond acceptors (Lipinski definition) is 6. The maximum atomic E-state index is 13.4. The highest BCUT2D eigenvalue weighted by Gasteiger charge is 2.45. The van der Waals surface area contributed by atoms with Crippen molar-refractivity contribution >= 4 is 22.7 Å². The molecule has 0 amide bonds. The summed E-state index contributed by atoms with van der Waals surface area (Å²) in [6.07, 6.45) is -2.34. The molecule has 1 N–H and O–H groups in total. The lowest BCUT2D eigenvalue weighted by Gasteiger charge is -2.20. The zero-order valence-electron chi connectivity index (χ0n) is 22.5. The average Bonchev–Trinajstić information content (AvgIpc) is 3.40. The van der Waals surface area contributed by atoms with Crippen molar-refractivity contribution in [2.45, 2.75) is 38.4 Å². The number of aliphatic carboxylic acids is 1. The maximum Gasteiger partial charge on any atom is 0.416 e. The van der Waals surface area contributed by atoms with Crippen LogP contribution in [0.2, 0.25) is 0 Å². The molecule has 218 valence electrons. The first kappa shape index (κ1) is 29.0. The lowest BCUT2D eigenvalue weighted by atomic mass is 9.84. The molecule has 0 bridgehead atoms. The Morgan fingerprint density at radius 1 is 1.00 bits per heavy atom. The van der Waals surface area contributed by atoms with E-state index in [9.17, 15) is 32.7 Å². The van der Waals surface area contributed by atoms with Crippen molar-refractivity contribution in [2.75, 3.05) is 6.61 Å². The maximum absolute atomic E-state index is 13.4. The fourth-order valence-electron chi connectivity index (χ4n) is 5.59. The predicted molar refractivity (Wildman–Crippen MR) is 147 cm³/mol. The number of hydrogen-bond donors (Lipinski definition) is 1. The van der Waals surface area contributed by atoms with Crippen LogP contribution in [0.4, 0.5) is 13.2 Å². The Balaban J connectivity index is 1.25. The third kappa shape index (κ3) is 6.35. The number of carbonyl (C=O) groups excluding carboxylic acids is 1. The Morgan fingerprint density at radius 3 is 2.43 bits per heavy atom. The second-order valence-electron chi connectivity index (χ2n) is 10.4. The Kier molecular flexibility index (Phi) is 8.37. The highest BCUT2D eigenvalue weighted by molar-refractivity contribution is 6.00. The van der Waals surface area contributed by atoms with Crippen LogP contribution in [0, 0.1) is 17.8 Å². The van der Waals surface area contributed by atoms with Crippen molar-refractivity contribution in [3.05, 3.63) is 99.8 Å². The summed E-state index contributed by atoms with van der Waals surface area (Å²) in [7, 11) is 0. The minimum absolute atomic E-state index is 0.00197. The number of nitrogens with zero attached hydrogens (tertiary/aromatic N) is 3. The van der Waals surface area contributed by atoms with Crippen LogP contribution < -0.4 is 10.3 Å². The molecule has 5 rings (SSSR count). The van der Waals surface area contributed by atoms with E-state index in [1.807, 2.05) is 18.2 Å². The Morgan fingerprint density at radius 2 is 1.74 bits per heavy atom. The number of carbonyl (C=O) groups is 2. The van der Waals surface area contributed by atoms with Crippen LogP contribution in [0.15, 0.2) is 77.6 Å². The molecule has 3 aromatic carbocycles. The monoisotopic (exact) mass is 579 g/mol. The van der Waals surface area contributed by atoms with Gasteiger partial charge in [-0.25, -0.2) is 4.68 Å². The quantitative estimate of drug-likeness (QED) is 0.197. The van der Waals surface area contributed by atoms with Crippen molar-refractivity contribution < 1.29 is 32.6 Å². The number of aromatic nitrogens is 3. The molecule has 42 heavy (non-hydrogen) atoms. The number of ether oxygens (including phenoxy) is 1. The number of Topliss-reactive ketones (excluding diaryl/α,β-unsaturated/α-hetero) is 1. The Hall–Kier alpha value is -4.54. The number of benzene rings is 3. The predicted octanol–water partition coefficient (Wildman–Crippen LogP) is 5.43. The average molecular weight is 580 g/mol. The zero-order chi connectivity index (χ0) is 29.9. The molecule has 1 heterocycles. The zero-order valence-corrected chi connectivity index (χ0v) is 22.5. The first-order chi connectivity index (χ1) is 20.1. The minimum atomic E-state index is -4.64. The Bertz CT molecular complexity index is 1640. The summed E-state index contributed by atoms with van der Waals surface area (Å²) in [6.45, 7) is 0.316. The van der Waals surface area contributed by atoms with Gasteiger partial charge in [0.05, 0.1) is 30.0 Å². The molecule has 8 nitrogen and oxygen atoms in total. The van der Waals surface area contributed by atoms with Crippen LogP contribution in [0.5, 0.6) is 5.75 Å². The molecule has 0 aliphatic heterocycles. The number of carboxylic acids is 1. The third-order valence-electron chi connectivity index (χ3n) is 7.73. The van der Waals surface area contributed by atoms with Gasteiger partial charge in [-0.15, -0.1) is 5.10 Å². The summed E-state index contributed by atoms with van der Waals surface area (Å²) in [5.41, 5.74) is -0.222. The van der Waals surface area contributed by atoms with Crippen molar-refractivity contribution in [3.63, 3.8) is 0 Å². The molecule has 1 fully saturated rings. The lowest BCUT2D eigenvalue weighted by Crippen LogP contribution is -2.34. The van der Waals surface area contributed by atoms with E-state index in [0.29, 0.717) is 24.3 Å². The molecule has 1 aromatic heterocycles. The van der Waals surface area contributed by atoms with Crippen molar-refractivity contribution in [1.29, 1.82) is 0 Å². The molecule has 4 aromatic rings. The number of aryl methyl sites for hydroxylation is 1. The lowest BCUT2D eigenvalue weighted by molar-refractivity contribution is -0.144. The molecule has 0 unspecified atom stereocenters. The standard InChI is InChI=1S/C31H28F3N3O5/c32-31(33,34)22-11-15-26-25(17-22)29(39)37(36-35-26)18-21-10-14-24(27(21)30(40)41)28(38)20-8-12-23(13-9-20)42-16-4-7-19-5-2-1-3-6-19/h1-3,5-6,8-9,11-13,15,17,21,24,27H,4,7,10,14,16,18H2,(H,40,41)/t21-,24-,27-/m0/s1. The van der Waals surface area contributed by atoms with Crippen LogP contribution in [0.25, 0.3) is 10.9 Å². The van der Waals surface area contributed by atoms with Crippen molar-refractivity contribution in [1.82, 2.24) is 15.0 Å². The third-order valence-corrected chi connectivity index (χ3v) is 7.73. The first-order valence-electron chi connectivity index (χ1n) is 13.6. The molecule has 0 radical (unpaired) electrons. The molecule has 1 saturated carbocycles.